The molecule has 34 heavy (non-hydrogen) atoms. The number of rotatable bonds is 8. The van der Waals surface area contributed by atoms with E-state index < -0.39 is 36.3 Å². The van der Waals surface area contributed by atoms with Gasteiger partial charge in [-0.2, -0.15) is 0 Å². The number of carbonyl (C=O) groups excluding carboxylic acids is 5. The van der Waals surface area contributed by atoms with E-state index >= 15 is 0 Å². The van der Waals surface area contributed by atoms with Crippen molar-refractivity contribution in [1.29, 1.82) is 0 Å². The number of amides is 3. The molecule has 0 radical (unpaired) electrons. The highest BCUT2D eigenvalue weighted by Gasteiger charge is 2.33. The van der Waals surface area contributed by atoms with Crippen LogP contribution in [0.5, 0.6) is 0 Å². The first-order valence-corrected chi connectivity index (χ1v) is 10.7. The van der Waals surface area contributed by atoms with Gasteiger partial charge in [-0.25, -0.2) is 9.59 Å². The molecule has 0 atom stereocenters. The number of nitrogens with one attached hydrogen (secondary N) is 1. The van der Waals surface area contributed by atoms with Gasteiger partial charge in [0.05, 0.1) is 6.54 Å². The number of benzene rings is 2. The molecule has 10 heteroatoms. The summed E-state index contributed by atoms with van der Waals surface area (Å²) in [6.45, 7) is -0.0716. The molecule has 1 aliphatic heterocycles. The molecule has 1 N–H and O–H groups in total. The lowest BCUT2D eigenvalue weighted by molar-refractivity contribution is -0.198. The Bertz CT molecular complexity index is 1080. The van der Waals surface area contributed by atoms with Gasteiger partial charge in [-0.15, -0.1) is 5.06 Å². The third-order valence-electron chi connectivity index (χ3n) is 5.47. The summed E-state index contributed by atoms with van der Waals surface area (Å²) >= 11 is 0. The van der Waals surface area contributed by atoms with Crippen LogP contribution in [0.25, 0.3) is 11.1 Å². The van der Waals surface area contributed by atoms with Crippen LogP contribution in [-0.2, 0) is 33.5 Å². The summed E-state index contributed by atoms with van der Waals surface area (Å²) in [6, 6.07) is 15.9. The largest absolute Gasteiger partial charge is 0.463 e. The zero-order chi connectivity index (χ0) is 24.1. The number of hydroxylamine groups is 2. The fourth-order valence-electron chi connectivity index (χ4n) is 3.93. The smallest absolute Gasteiger partial charge is 0.407 e. The number of alkyl carbamates (subject to hydrolysis) is 1. The predicted molar refractivity (Wildman–Crippen MR) is 116 cm³/mol. The van der Waals surface area contributed by atoms with Gasteiger partial charge in [0.2, 0.25) is 0 Å². The van der Waals surface area contributed by atoms with Gasteiger partial charge in [0, 0.05) is 18.8 Å². The van der Waals surface area contributed by atoms with E-state index in [9.17, 15) is 24.0 Å². The fraction of sp³-hybridized carbons (Fsp3) is 0.292. The topological polar surface area (TPSA) is 128 Å². The Morgan fingerprint density at radius 2 is 1.44 bits per heavy atom. The van der Waals surface area contributed by atoms with E-state index in [0.717, 1.165) is 22.3 Å². The number of fused-ring (bicyclic) bond motifs is 3. The van der Waals surface area contributed by atoms with Crippen molar-refractivity contribution >= 4 is 29.8 Å². The van der Waals surface area contributed by atoms with Crippen LogP contribution in [-0.4, -0.2) is 54.7 Å². The van der Waals surface area contributed by atoms with Crippen molar-refractivity contribution in [3.63, 3.8) is 0 Å². The molecule has 3 amide bonds. The van der Waals surface area contributed by atoms with Gasteiger partial charge in [-0.3, -0.25) is 14.4 Å². The van der Waals surface area contributed by atoms with Crippen LogP contribution >= 0.6 is 0 Å². The molecule has 1 saturated heterocycles. The van der Waals surface area contributed by atoms with Crippen molar-refractivity contribution in [1.82, 2.24) is 10.4 Å². The van der Waals surface area contributed by atoms with Gasteiger partial charge in [-0.1, -0.05) is 48.5 Å². The Balaban J connectivity index is 1.16. The van der Waals surface area contributed by atoms with Crippen LogP contribution in [0, 0.1) is 0 Å². The number of ether oxygens (including phenoxy) is 2. The zero-order valence-corrected chi connectivity index (χ0v) is 18.2. The molecule has 0 saturated carbocycles. The van der Waals surface area contributed by atoms with Crippen LogP contribution in [0.1, 0.15) is 36.3 Å². The van der Waals surface area contributed by atoms with Crippen molar-refractivity contribution in [2.75, 3.05) is 19.8 Å². The zero-order valence-electron chi connectivity index (χ0n) is 18.2. The molecule has 0 aromatic heterocycles. The first-order valence-electron chi connectivity index (χ1n) is 10.7. The number of hydrogen-bond donors (Lipinski definition) is 1. The Labute approximate surface area is 194 Å². The highest BCUT2D eigenvalue weighted by atomic mass is 16.7. The molecule has 1 fully saturated rings. The molecule has 1 heterocycles. The third kappa shape index (κ3) is 5.06. The van der Waals surface area contributed by atoms with Gasteiger partial charge in [-0.05, 0) is 22.3 Å². The van der Waals surface area contributed by atoms with Gasteiger partial charge in [0.1, 0.15) is 19.6 Å². The standard InChI is InChI=1S/C24H22N2O8/c27-20-9-10-21(28)26(20)34-23(30)13-22(29)32-12-11-25-24(31)33-14-19-17-7-3-1-5-15(17)16-6-2-4-8-18(16)19/h1-8,19H,9-14H2,(H,25,31). The predicted octanol–water partition coefficient (Wildman–Crippen LogP) is 2.07. The lowest BCUT2D eigenvalue weighted by Crippen LogP contribution is -2.33. The van der Waals surface area contributed by atoms with E-state index in [1.807, 2.05) is 48.5 Å². The van der Waals surface area contributed by atoms with E-state index in [4.69, 9.17) is 9.47 Å². The molecule has 0 spiro atoms. The highest BCUT2D eigenvalue weighted by Crippen LogP contribution is 2.44. The Kier molecular flexibility index (Phi) is 6.86. The Morgan fingerprint density at radius 1 is 0.853 bits per heavy atom. The van der Waals surface area contributed by atoms with Crippen molar-refractivity contribution in [2.45, 2.75) is 25.2 Å². The maximum atomic E-state index is 12.1. The maximum Gasteiger partial charge on any atom is 0.407 e. The SMILES string of the molecule is O=C(CC(=O)ON1C(=O)CCC1=O)OCCNC(=O)OCC1c2ccccc2-c2ccccc21. The van der Waals surface area contributed by atoms with Gasteiger partial charge in [0.15, 0.2) is 0 Å². The van der Waals surface area contributed by atoms with E-state index in [1.54, 1.807) is 0 Å². The molecule has 0 unspecified atom stereocenters. The van der Waals surface area contributed by atoms with E-state index in [1.165, 1.54) is 0 Å². The minimum atomic E-state index is -1.09. The molecule has 2 aromatic carbocycles. The molecule has 2 aliphatic rings. The number of imide groups is 1. The summed E-state index contributed by atoms with van der Waals surface area (Å²) in [5.41, 5.74) is 4.43. The molecular formula is C24H22N2O8. The highest BCUT2D eigenvalue weighted by molar-refractivity contribution is 6.02. The lowest BCUT2D eigenvalue weighted by Gasteiger charge is -2.14. The van der Waals surface area contributed by atoms with Crippen molar-refractivity contribution in [2.24, 2.45) is 0 Å². The molecule has 0 bridgehead atoms. The second-order valence-electron chi connectivity index (χ2n) is 7.69. The molecule has 176 valence electrons. The van der Waals surface area contributed by atoms with Gasteiger partial charge >= 0.3 is 18.0 Å². The van der Waals surface area contributed by atoms with Crippen molar-refractivity contribution in [3.05, 3.63) is 59.7 Å². The maximum absolute atomic E-state index is 12.1. The van der Waals surface area contributed by atoms with Gasteiger partial charge < -0.3 is 19.6 Å². The Hall–Kier alpha value is -4.21. The first kappa shape index (κ1) is 23.0. The minimum absolute atomic E-state index is 0.0272. The van der Waals surface area contributed by atoms with Crippen molar-refractivity contribution < 1.29 is 38.3 Å². The minimum Gasteiger partial charge on any atom is -0.463 e. The lowest BCUT2D eigenvalue weighted by atomic mass is 9.98. The summed E-state index contributed by atoms with van der Waals surface area (Å²) in [5.74, 6) is -3.36. The van der Waals surface area contributed by atoms with Crippen LogP contribution in [0.15, 0.2) is 48.5 Å². The fourth-order valence-corrected chi connectivity index (χ4v) is 3.93. The van der Waals surface area contributed by atoms with Crippen LogP contribution in [0.3, 0.4) is 0 Å². The third-order valence-corrected chi connectivity index (χ3v) is 5.47. The molecular weight excluding hydrogens is 444 g/mol. The number of hydrogen-bond acceptors (Lipinski definition) is 8. The summed E-state index contributed by atoms with van der Waals surface area (Å²) in [5, 5.41) is 2.84. The normalized spacial score (nSPS) is 14.4. The Morgan fingerprint density at radius 3 is 2.06 bits per heavy atom. The molecule has 1 aliphatic carbocycles. The average molecular weight is 466 g/mol. The van der Waals surface area contributed by atoms with Crippen LogP contribution in [0.2, 0.25) is 0 Å². The number of esters is 1. The monoisotopic (exact) mass is 466 g/mol. The first-order chi connectivity index (χ1) is 16.4. The van der Waals surface area contributed by atoms with E-state index in [-0.39, 0.29) is 38.5 Å². The summed E-state index contributed by atoms with van der Waals surface area (Å²) in [7, 11) is 0. The summed E-state index contributed by atoms with van der Waals surface area (Å²) in [4.78, 5) is 62.9. The molecule has 10 nitrogen and oxygen atoms in total. The van der Waals surface area contributed by atoms with E-state index in [0.29, 0.717) is 5.06 Å². The summed E-state index contributed by atoms with van der Waals surface area (Å²) < 4.78 is 10.2. The second-order valence-corrected chi connectivity index (χ2v) is 7.69. The summed E-state index contributed by atoms with van der Waals surface area (Å²) in [6.07, 6.45) is -1.53. The number of nitrogens with zero attached hydrogens (tertiary/aromatic N) is 1. The van der Waals surface area contributed by atoms with Crippen molar-refractivity contribution in [3.8, 4) is 11.1 Å². The quantitative estimate of drug-likeness (QED) is 0.271. The average Bonchev–Trinajstić information content (AvgIpc) is 3.32. The van der Waals surface area contributed by atoms with E-state index in [2.05, 4.69) is 10.2 Å². The van der Waals surface area contributed by atoms with Crippen LogP contribution in [0.4, 0.5) is 4.79 Å². The van der Waals surface area contributed by atoms with Crippen LogP contribution < -0.4 is 5.32 Å². The second kappa shape index (κ2) is 10.2. The number of carbonyl (C=O) groups is 5. The van der Waals surface area contributed by atoms with Gasteiger partial charge in [0.25, 0.3) is 11.8 Å². The molecule has 2 aromatic rings. The molecule has 4 rings (SSSR count).